The van der Waals surface area contributed by atoms with Crippen LogP contribution in [0.25, 0.3) is 0 Å². The normalized spacial score (nSPS) is 39.2. The van der Waals surface area contributed by atoms with Crippen molar-refractivity contribution >= 4 is 18.3 Å². The molecule has 0 atom stereocenters. The fraction of sp³-hybridized carbons (Fsp3) is 0.941. The van der Waals surface area contributed by atoms with Crippen LogP contribution in [-0.2, 0) is 9.53 Å². The predicted octanol–water partition coefficient (Wildman–Crippen LogP) is 2.07. The number of carbonyl (C=O) groups excluding carboxylic acids is 1. The maximum absolute atomic E-state index is 12.3. The third-order valence-corrected chi connectivity index (χ3v) is 6.35. The predicted molar refractivity (Wildman–Crippen MR) is 88.1 cm³/mol. The standard InChI is InChI=1S/C17H28N2O2.ClH/c1-19(16(20)10-21-15-8-18-9-15)11-17-5-12-2-13(6-17)4-14(3-12)7-17;/h12-15,18H,2-11H2,1H3;1H. The van der Waals surface area contributed by atoms with Crippen LogP contribution in [0.4, 0.5) is 0 Å². The highest BCUT2D eigenvalue weighted by Gasteiger charge is 2.51. The van der Waals surface area contributed by atoms with Gasteiger partial charge in [0.1, 0.15) is 6.61 Å². The molecule has 4 saturated carbocycles. The number of hydrogen-bond acceptors (Lipinski definition) is 3. The average molecular weight is 329 g/mol. The lowest BCUT2D eigenvalue weighted by Gasteiger charge is -2.57. The number of nitrogens with one attached hydrogen (secondary N) is 1. The minimum Gasteiger partial charge on any atom is -0.366 e. The Kier molecular flexibility index (Phi) is 4.73. The molecule has 0 aromatic carbocycles. The molecule has 1 N–H and O–H groups in total. The summed E-state index contributed by atoms with van der Waals surface area (Å²) >= 11 is 0. The highest BCUT2D eigenvalue weighted by molar-refractivity contribution is 5.85. The molecular formula is C17H29ClN2O2. The van der Waals surface area contributed by atoms with Gasteiger partial charge in [-0.05, 0) is 61.7 Å². The molecule has 5 heteroatoms. The number of halogens is 1. The first-order chi connectivity index (χ1) is 10.1. The summed E-state index contributed by atoms with van der Waals surface area (Å²) in [6.07, 6.45) is 8.75. The molecular weight excluding hydrogens is 300 g/mol. The third-order valence-electron chi connectivity index (χ3n) is 6.35. The largest absolute Gasteiger partial charge is 0.366 e. The second-order valence-corrected chi connectivity index (χ2v) is 8.26. The summed E-state index contributed by atoms with van der Waals surface area (Å²) in [7, 11) is 1.98. The van der Waals surface area contributed by atoms with E-state index < -0.39 is 0 Å². The summed E-state index contributed by atoms with van der Waals surface area (Å²) in [5.41, 5.74) is 0.442. The number of carbonyl (C=O) groups is 1. The number of hydrogen-bond donors (Lipinski definition) is 1. The quantitative estimate of drug-likeness (QED) is 0.840. The van der Waals surface area contributed by atoms with E-state index in [4.69, 9.17) is 4.74 Å². The summed E-state index contributed by atoms with van der Waals surface area (Å²) in [6, 6.07) is 0. The molecule has 5 fully saturated rings. The van der Waals surface area contributed by atoms with E-state index in [1.165, 1.54) is 38.5 Å². The van der Waals surface area contributed by atoms with Crippen LogP contribution < -0.4 is 5.32 Å². The van der Waals surface area contributed by atoms with Crippen LogP contribution in [0.15, 0.2) is 0 Å². The topological polar surface area (TPSA) is 41.6 Å². The first kappa shape index (κ1) is 16.5. The molecule has 126 valence electrons. The van der Waals surface area contributed by atoms with Gasteiger partial charge in [0.2, 0.25) is 5.91 Å². The molecule has 4 aliphatic carbocycles. The van der Waals surface area contributed by atoms with Crippen LogP contribution >= 0.6 is 12.4 Å². The molecule has 1 heterocycles. The number of amides is 1. The van der Waals surface area contributed by atoms with Crippen LogP contribution in [-0.4, -0.2) is 50.2 Å². The van der Waals surface area contributed by atoms with Crippen molar-refractivity contribution in [1.82, 2.24) is 10.2 Å². The Morgan fingerprint density at radius 2 is 1.68 bits per heavy atom. The van der Waals surface area contributed by atoms with Gasteiger partial charge in [-0.2, -0.15) is 0 Å². The van der Waals surface area contributed by atoms with Gasteiger partial charge in [-0.1, -0.05) is 0 Å². The zero-order valence-electron chi connectivity index (χ0n) is 13.6. The second kappa shape index (κ2) is 6.29. The summed E-state index contributed by atoms with van der Waals surface area (Å²) in [5.74, 6) is 3.03. The van der Waals surface area contributed by atoms with E-state index in [-0.39, 0.29) is 31.0 Å². The molecule has 1 saturated heterocycles. The Bertz CT molecular complexity index is 390. The van der Waals surface area contributed by atoms with Crippen molar-refractivity contribution in [2.45, 2.75) is 44.6 Å². The first-order valence-corrected chi connectivity index (χ1v) is 8.68. The number of likely N-dealkylation sites (N-methyl/N-ethyl adjacent to an activating group) is 1. The molecule has 22 heavy (non-hydrogen) atoms. The Morgan fingerprint density at radius 3 is 2.14 bits per heavy atom. The molecule has 5 aliphatic rings. The SMILES string of the molecule is CN(CC12CC3CC(CC(C3)C1)C2)C(=O)COC1CNC1.Cl. The van der Waals surface area contributed by atoms with Crippen molar-refractivity contribution < 1.29 is 9.53 Å². The van der Waals surface area contributed by atoms with Gasteiger partial charge in [0.15, 0.2) is 0 Å². The Balaban J connectivity index is 0.00000144. The summed E-state index contributed by atoms with van der Waals surface area (Å²) < 4.78 is 5.63. The van der Waals surface area contributed by atoms with Crippen LogP contribution in [0.5, 0.6) is 0 Å². The van der Waals surface area contributed by atoms with E-state index in [0.29, 0.717) is 5.41 Å². The van der Waals surface area contributed by atoms with Crippen LogP contribution in [0, 0.1) is 23.2 Å². The fourth-order valence-electron chi connectivity index (χ4n) is 5.75. The van der Waals surface area contributed by atoms with Gasteiger partial charge in [0.25, 0.3) is 0 Å². The Hall–Kier alpha value is -0.320. The highest BCUT2D eigenvalue weighted by atomic mass is 35.5. The minimum absolute atomic E-state index is 0. The lowest BCUT2D eigenvalue weighted by atomic mass is 9.49. The van der Waals surface area contributed by atoms with E-state index >= 15 is 0 Å². The Labute approximate surface area is 139 Å². The lowest BCUT2D eigenvalue weighted by molar-refractivity contribution is -0.143. The van der Waals surface area contributed by atoms with Gasteiger partial charge in [-0.15, -0.1) is 12.4 Å². The summed E-state index contributed by atoms with van der Waals surface area (Å²) in [5, 5.41) is 3.17. The second-order valence-electron chi connectivity index (χ2n) is 8.26. The van der Waals surface area contributed by atoms with Crippen LogP contribution in [0.1, 0.15) is 38.5 Å². The molecule has 0 unspecified atom stereocenters. The van der Waals surface area contributed by atoms with Crippen LogP contribution in [0.3, 0.4) is 0 Å². The van der Waals surface area contributed by atoms with E-state index in [2.05, 4.69) is 5.32 Å². The number of ether oxygens (including phenoxy) is 1. The Morgan fingerprint density at radius 1 is 1.14 bits per heavy atom. The molecule has 1 aliphatic heterocycles. The van der Waals surface area contributed by atoms with Crippen molar-refractivity contribution in [1.29, 1.82) is 0 Å². The minimum atomic E-state index is 0. The van der Waals surface area contributed by atoms with Crippen molar-refractivity contribution in [3.63, 3.8) is 0 Å². The van der Waals surface area contributed by atoms with Crippen molar-refractivity contribution in [2.24, 2.45) is 23.2 Å². The molecule has 0 aromatic rings. The summed E-state index contributed by atoms with van der Waals surface area (Å²) in [4.78, 5) is 14.2. The van der Waals surface area contributed by atoms with Gasteiger partial charge in [0, 0.05) is 26.7 Å². The smallest absolute Gasteiger partial charge is 0.248 e. The van der Waals surface area contributed by atoms with Crippen molar-refractivity contribution in [3.05, 3.63) is 0 Å². The highest BCUT2D eigenvalue weighted by Crippen LogP contribution is 2.60. The van der Waals surface area contributed by atoms with Crippen molar-refractivity contribution in [2.75, 3.05) is 33.3 Å². The number of nitrogens with zero attached hydrogens (tertiary/aromatic N) is 1. The lowest BCUT2D eigenvalue weighted by Crippen LogP contribution is -2.52. The van der Waals surface area contributed by atoms with Gasteiger partial charge in [0.05, 0.1) is 6.10 Å². The molecule has 1 amide bonds. The van der Waals surface area contributed by atoms with E-state index in [0.717, 1.165) is 37.4 Å². The molecule has 0 aromatic heterocycles. The maximum Gasteiger partial charge on any atom is 0.248 e. The van der Waals surface area contributed by atoms with Gasteiger partial charge in [-0.3, -0.25) is 4.79 Å². The van der Waals surface area contributed by atoms with E-state index in [9.17, 15) is 4.79 Å². The molecule has 4 nitrogen and oxygen atoms in total. The molecule has 0 spiro atoms. The van der Waals surface area contributed by atoms with E-state index in [1.54, 1.807) is 0 Å². The first-order valence-electron chi connectivity index (χ1n) is 8.68. The van der Waals surface area contributed by atoms with Crippen molar-refractivity contribution in [3.8, 4) is 0 Å². The molecule has 0 radical (unpaired) electrons. The van der Waals surface area contributed by atoms with Gasteiger partial charge < -0.3 is 15.0 Å². The average Bonchev–Trinajstić information content (AvgIpc) is 2.34. The zero-order valence-corrected chi connectivity index (χ0v) is 14.4. The fourth-order valence-corrected chi connectivity index (χ4v) is 5.75. The van der Waals surface area contributed by atoms with Gasteiger partial charge >= 0.3 is 0 Å². The van der Waals surface area contributed by atoms with E-state index in [1.807, 2.05) is 11.9 Å². The monoisotopic (exact) mass is 328 g/mol. The van der Waals surface area contributed by atoms with Crippen LogP contribution in [0.2, 0.25) is 0 Å². The zero-order chi connectivity index (χ0) is 14.4. The molecule has 5 rings (SSSR count). The summed E-state index contributed by atoms with van der Waals surface area (Å²) in [6.45, 7) is 3.01. The third kappa shape index (κ3) is 3.15. The maximum atomic E-state index is 12.3. The molecule has 4 bridgehead atoms. The van der Waals surface area contributed by atoms with Gasteiger partial charge in [-0.25, -0.2) is 0 Å². The number of rotatable bonds is 5.